The van der Waals surface area contributed by atoms with E-state index in [9.17, 15) is 10.1 Å². The number of benzene rings is 2. The lowest BCUT2D eigenvalue weighted by Gasteiger charge is -2.25. The fourth-order valence-corrected chi connectivity index (χ4v) is 3.12. The van der Waals surface area contributed by atoms with Gasteiger partial charge in [0.25, 0.3) is 5.69 Å². The summed E-state index contributed by atoms with van der Waals surface area (Å²) in [4.78, 5) is 12.7. The van der Waals surface area contributed by atoms with Gasteiger partial charge in [0, 0.05) is 41.9 Å². The first kappa shape index (κ1) is 14.0. The Morgan fingerprint density at radius 2 is 2.00 bits per heavy atom. The second-order valence-corrected chi connectivity index (χ2v) is 5.70. The zero-order valence-electron chi connectivity index (χ0n) is 11.3. The fraction of sp³-hybridized carbons (Fsp3) is 0.200. The number of nitrogens with one attached hydrogen (secondary N) is 1. The van der Waals surface area contributed by atoms with Crippen LogP contribution in [0, 0.1) is 10.1 Å². The summed E-state index contributed by atoms with van der Waals surface area (Å²) in [6, 6.07) is 13.1. The summed E-state index contributed by atoms with van der Waals surface area (Å²) in [6.07, 6.45) is 0. The molecule has 1 aliphatic heterocycles. The summed E-state index contributed by atoms with van der Waals surface area (Å²) in [5.41, 5.74) is 3.39. The molecule has 1 heterocycles. The molecule has 108 valence electrons. The maximum absolute atomic E-state index is 10.9. The molecule has 21 heavy (non-hydrogen) atoms. The Bertz CT molecular complexity index is 690. The van der Waals surface area contributed by atoms with Crippen molar-refractivity contribution in [2.75, 3.05) is 18.0 Å². The summed E-state index contributed by atoms with van der Waals surface area (Å²) in [7, 11) is 0. The zero-order chi connectivity index (χ0) is 14.8. The highest BCUT2D eigenvalue weighted by Gasteiger charge is 2.19. The number of non-ortho nitro benzene ring substituents is 1. The molecule has 2 aromatic carbocycles. The van der Waals surface area contributed by atoms with E-state index >= 15 is 0 Å². The maximum Gasteiger partial charge on any atom is 0.270 e. The first-order chi connectivity index (χ1) is 10.2. The van der Waals surface area contributed by atoms with Crippen LogP contribution >= 0.6 is 15.9 Å². The third-order valence-corrected chi connectivity index (χ3v) is 4.18. The summed E-state index contributed by atoms with van der Waals surface area (Å²) in [6.45, 7) is 2.50. The van der Waals surface area contributed by atoms with Crippen LogP contribution < -0.4 is 10.2 Å². The molecule has 0 aromatic heterocycles. The molecule has 0 radical (unpaired) electrons. The number of hydrogen-bond acceptors (Lipinski definition) is 4. The quantitative estimate of drug-likeness (QED) is 0.666. The van der Waals surface area contributed by atoms with E-state index in [-0.39, 0.29) is 10.6 Å². The summed E-state index contributed by atoms with van der Waals surface area (Å²) >= 11 is 3.46. The number of nitrogens with zero attached hydrogens (tertiary/aromatic N) is 2. The van der Waals surface area contributed by atoms with Crippen molar-refractivity contribution in [3.8, 4) is 0 Å². The van der Waals surface area contributed by atoms with Crippen LogP contribution in [0.1, 0.15) is 5.56 Å². The Morgan fingerprint density at radius 3 is 2.76 bits per heavy atom. The Labute approximate surface area is 130 Å². The third kappa shape index (κ3) is 2.77. The van der Waals surface area contributed by atoms with E-state index in [2.05, 4.69) is 38.3 Å². The lowest BCUT2D eigenvalue weighted by atomic mass is 10.1. The number of para-hydroxylation sites is 1. The first-order valence-corrected chi connectivity index (χ1v) is 7.46. The summed E-state index contributed by atoms with van der Waals surface area (Å²) < 4.78 is 0.730. The van der Waals surface area contributed by atoms with Gasteiger partial charge >= 0.3 is 0 Å². The molecule has 0 fully saturated rings. The van der Waals surface area contributed by atoms with E-state index in [1.165, 1.54) is 5.56 Å². The van der Waals surface area contributed by atoms with Crippen LogP contribution in [-0.4, -0.2) is 18.0 Å². The predicted octanol–water partition coefficient (Wildman–Crippen LogP) is 3.60. The number of halogens is 1. The molecule has 0 spiro atoms. The van der Waals surface area contributed by atoms with Crippen molar-refractivity contribution in [3.05, 3.63) is 62.6 Å². The molecule has 6 heteroatoms. The first-order valence-electron chi connectivity index (χ1n) is 6.67. The van der Waals surface area contributed by atoms with Crippen LogP contribution in [-0.2, 0) is 6.54 Å². The second kappa shape index (κ2) is 5.83. The highest BCUT2D eigenvalue weighted by Crippen LogP contribution is 2.36. The monoisotopic (exact) mass is 347 g/mol. The number of fused-ring (bicyclic) bond motifs is 1. The largest absolute Gasteiger partial charge is 0.339 e. The van der Waals surface area contributed by atoms with Crippen molar-refractivity contribution in [2.24, 2.45) is 0 Å². The van der Waals surface area contributed by atoms with Gasteiger partial charge in [-0.1, -0.05) is 18.2 Å². The Balaban J connectivity index is 2.06. The molecule has 0 unspecified atom stereocenters. The summed E-state index contributed by atoms with van der Waals surface area (Å²) in [5, 5.41) is 14.2. The normalized spacial score (nSPS) is 14.4. The van der Waals surface area contributed by atoms with Gasteiger partial charge in [-0.15, -0.1) is 0 Å². The molecular weight excluding hydrogens is 334 g/mol. The average Bonchev–Trinajstić information content (AvgIpc) is 2.69. The average molecular weight is 348 g/mol. The second-order valence-electron chi connectivity index (χ2n) is 4.85. The zero-order valence-corrected chi connectivity index (χ0v) is 12.8. The molecule has 5 nitrogen and oxygen atoms in total. The van der Waals surface area contributed by atoms with Crippen LogP contribution in [0.25, 0.3) is 0 Å². The van der Waals surface area contributed by atoms with E-state index in [1.807, 2.05) is 12.1 Å². The molecule has 3 rings (SSSR count). The minimum Gasteiger partial charge on any atom is -0.339 e. The van der Waals surface area contributed by atoms with Crippen LogP contribution in [0.3, 0.4) is 0 Å². The molecule has 0 bridgehead atoms. The van der Waals surface area contributed by atoms with Crippen LogP contribution in [0.15, 0.2) is 46.9 Å². The van der Waals surface area contributed by atoms with E-state index < -0.39 is 0 Å². The molecule has 1 N–H and O–H groups in total. The van der Waals surface area contributed by atoms with E-state index in [0.29, 0.717) is 0 Å². The Morgan fingerprint density at radius 1 is 1.19 bits per heavy atom. The SMILES string of the molecule is O=[N+]([O-])c1ccc(N2CCNCc3ccccc32)c(Br)c1. The van der Waals surface area contributed by atoms with Crippen molar-refractivity contribution < 1.29 is 4.92 Å². The van der Waals surface area contributed by atoms with Gasteiger partial charge in [-0.25, -0.2) is 0 Å². The van der Waals surface area contributed by atoms with Crippen LogP contribution in [0.2, 0.25) is 0 Å². The van der Waals surface area contributed by atoms with Crippen LogP contribution in [0.4, 0.5) is 17.1 Å². The third-order valence-electron chi connectivity index (χ3n) is 3.54. The maximum atomic E-state index is 10.9. The van der Waals surface area contributed by atoms with Crippen molar-refractivity contribution in [3.63, 3.8) is 0 Å². The lowest BCUT2D eigenvalue weighted by Crippen LogP contribution is -2.24. The van der Waals surface area contributed by atoms with Gasteiger partial charge in [0.15, 0.2) is 0 Å². The lowest BCUT2D eigenvalue weighted by molar-refractivity contribution is -0.384. The van der Waals surface area contributed by atoms with Gasteiger partial charge in [-0.05, 0) is 33.6 Å². The number of hydrogen-bond donors (Lipinski definition) is 1. The van der Waals surface area contributed by atoms with Crippen LogP contribution in [0.5, 0.6) is 0 Å². The predicted molar refractivity (Wildman–Crippen MR) is 86.0 cm³/mol. The molecule has 0 amide bonds. The van der Waals surface area contributed by atoms with Gasteiger partial charge in [-0.3, -0.25) is 10.1 Å². The smallest absolute Gasteiger partial charge is 0.270 e. The number of rotatable bonds is 2. The van der Waals surface area contributed by atoms with E-state index in [0.717, 1.165) is 35.5 Å². The van der Waals surface area contributed by atoms with Crippen molar-refractivity contribution in [2.45, 2.75) is 6.54 Å². The van der Waals surface area contributed by atoms with Crippen molar-refractivity contribution in [1.29, 1.82) is 0 Å². The highest BCUT2D eigenvalue weighted by atomic mass is 79.9. The molecular formula is C15H14BrN3O2. The van der Waals surface area contributed by atoms with Gasteiger partial charge in [0.05, 0.1) is 10.6 Å². The van der Waals surface area contributed by atoms with Gasteiger partial charge in [0.1, 0.15) is 0 Å². The minimum atomic E-state index is -0.382. The molecule has 0 saturated carbocycles. The van der Waals surface area contributed by atoms with Crippen molar-refractivity contribution >= 4 is 33.0 Å². The highest BCUT2D eigenvalue weighted by molar-refractivity contribution is 9.10. The Kier molecular flexibility index (Phi) is 3.90. The Hall–Kier alpha value is -1.92. The molecule has 1 aliphatic rings. The van der Waals surface area contributed by atoms with Gasteiger partial charge < -0.3 is 10.2 Å². The van der Waals surface area contributed by atoms with E-state index in [4.69, 9.17) is 0 Å². The van der Waals surface area contributed by atoms with Crippen molar-refractivity contribution in [1.82, 2.24) is 5.32 Å². The van der Waals surface area contributed by atoms with Gasteiger partial charge in [0.2, 0.25) is 0 Å². The molecule has 0 aliphatic carbocycles. The number of nitro benzene ring substituents is 1. The topological polar surface area (TPSA) is 58.4 Å². The molecule has 0 saturated heterocycles. The fourth-order valence-electron chi connectivity index (χ4n) is 2.54. The van der Waals surface area contributed by atoms with Gasteiger partial charge in [-0.2, -0.15) is 0 Å². The summed E-state index contributed by atoms with van der Waals surface area (Å²) in [5.74, 6) is 0. The van der Waals surface area contributed by atoms with E-state index in [1.54, 1.807) is 18.2 Å². The minimum absolute atomic E-state index is 0.0897. The molecule has 0 atom stereocenters. The molecule has 2 aromatic rings. The number of nitro groups is 1. The number of anilines is 2. The standard InChI is InChI=1S/C15H14BrN3O2/c16-13-9-12(19(20)21)5-6-15(13)18-8-7-17-10-11-3-1-2-4-14(11)18/h1-6,9,17H,7-8,10H2.